The van der Waals surface area contributed by atoms with E-state index in [0.29, 0.717) is 6.54 Å². The fourth-order valence-corrected chi connectivity index (χ4v) is 2.85. The van der Waals surface area contributed by atoms with Crippen molar-refractivity contribution < 1.29 is 4.79 Å². The number of nitrogens with zero attached hydrogens (tertiary/aromatic N) is 2. The average molecular weight is 348 g/mol. The topological polar surface area (TPSA) is 46.9 Å². The van der Waals surface area contributed by atoms with E-state index in [2.05, 4.69) is 26.3 Å². The maximum atomic E-state index is 12.4. The van der Waals surface area contributed by atoms with E-state index >= 15 is 0 Å². The molecular formula is C16H18BrN3O. The van der Waals surface area contributed by atoms with E-state index in [4.69, 9.17) is 0 Å². The zero-order valence-electron chi connectivity index (χ0n) is 11.8. The van der Waals surface area contributed by atoms with Crippen LogP contribution in [-0.2, 0) is 16.8 Å². The highest BCUT2D eigenvalue weighted by Gasteiger charge is 2.50. The number of benzene rings is 1. The molecule has 1 saturated carbocycles. The molecule has 0 atom stereocenters. The van der Waals surface area contributed by atoms with Gasteiger partial charge in [-0.25, -0.2) is 0 Å². The quantitative estimate of drug-likeness (QED) is 0.816. The van der Waals surface area contributed by atoms with E-state index in [9.17, 15) is 4.79 Å². The highest BCUT2D eigenvalue weighted by atomic mass is 79.9. The molecule has 0 radical (unpaired) electrons. The van der Waals surface area contributed by atoms with Crippen LogP contribution in [0.1, 0.15) is 24.8 Å². The van der Waals surface area contributed by atoms with Crippen LogP contribution < -0.4 is 5.32 Å². The number of amides is 1. The van der Waals surface area contributed by atoms with Crippen LogP contribution in [-0.4, -0.2) is 22.2 Å². The summed E-state index contributed by atoms with van der Waals surface area (Å²) in [5, 5.41) is 7.22. The normalized spacial score (nSPS) is 15.7. The molecule has 1 aliphatic rings. The molecule has 1 aromatic heterocycles. The predicted molar refractivity (Wildman–Crippen MR) is 84.9 cm³/mol. The van der Waals surface area contributed by atoms with Gasteiger partial charge in [0.1, 0.15) is 0 Å². The van der Waals surface area contributed by atoms with Crippen molar-refractivity contribution in [2.45, 2.75) is 31.2 Å². The molecule has 0 unspecified atom stereocenters. The summed E-state index contributed by atoms with van der Waals surface area (Å²) < 4.78 is 2.93. The van der Waals surface area contributed by atoms with Gasteiger partial charge in [-0.2, -0.15) is 5.10 Å². The van der Waals surface area contributed by atoms with Gasteiger partial charge in [0.05, 0.1) is 5.41 Å². The highest BCUT2D eigenvalue weighted by Crippen LogP contribution is 2.48. The van der Waals surface area contributed by atoms with Crippen molar-refractivity contribution in [1.82, 2.24) is 15.1 Å². The van der Waals surface area contributed by atoms with Crippen LogP contribution >= 0.6 is 15.9 Å². The summed E-state index contributed by atoms with van der Waals surface area (Å²) in [5.41, 5.74) is 0.835. The summed E-state index contributed by atoms with van der Waals surface area (Å²) in [6, 6.07) is 9.99. The summed E-state index contributed by atoms with van der Waals surface area (Å²) in [6.45, 7) is 1.52. The lowest BCUT2D eigenvalue weighted by Gasteiger charge is -2.16. The van der Waals surface area contributed by atoms with Crippen LogP contribution in [0.5, 0.6) is 0 Å². The molecule has 0 saturated heterocycles. The first-order valence-electron chi connectivity index (χ1n) is 7.22. The number of hydrogen-bond donors (Lipinski definition) is 1. The van der Waals surface area contributed by atoms with Crippen LogP contribution in [0, 0.1) is 0 Å². The van der Waals surface area contributed by atoms with Crippen molar-refractivity contribution in [3.63, 3.8) is 0 Å². The standard InChI is InChI=1S/C16H18BrN3O/c17-14-5-3-13(4-6-14)16(7-8-16)15(21)18-9-1-11-20-12-2-10-19-20/h2-6,10,12H,1,7-9,11H2,(H,18,21). The van der Waals surface area contributed by atoms with Gasteiger partial charge in [0, 0.05) is 30.0 Å². The second-order valence-electron chi connectivity index (χ2n) is 5.47. The first-order chi connectivity index (χ1) is 10.2. The molecule has 1 fully saturated rings. The third-order valence-electron chi connectivity index (χ3n) is 3.99. The van der Waals surface area contributed by atoms with E-state index in [-0.39, 0.29) is 11.3 Å². The third kappa shape index (κ3) is 3.18. The molecule has 0 spiro atoms. The lowest BCUT2D eigenvalue weighted by Crippen LogP contribution is -2.35. The zero-order chi connectivity index (χ0) is 14.7. The minimum atomic E-state index is -0.285. The van der Waals surface area contributed by atoms with Gasteiger partial charge in [0.25, 0.3) is 0 Å². The van der Waals surface area contributed by atoms with Crippen molar-refractivity contribution in [3.05, 3.63) is 52.8 Å². The van der Waals surface area contributed by atoms with Crippen molar-refractivity contribution >= 4 is 21.8 Å². The first kappa shape index (κ1) is 14.3. The molecule has 1 N–H and O–H groups in total. The Labute approximate surface area is 132 Å². The van der Waals surface area contributed by atoms with Crippen LogP contribution in [0.2, 0.25) is 0 Å². The zero-order valence-corrected chi connectivity index (χ0v) is 13.3. The summed E-state index contributed by atoms with van der Waals surface area (Å²) in [7, 11) is 0. The molecule has 1 heterocycles. The fraction of sp³-hybridized carbons (Fsp3) is 0.375. The SMILES string of the molecule is O=C(NCCCn1cccn1)C1(c2ccc(Br)cc2)CC1. The summed E-state index contributed by atoms with van der Waals surface area (Å²) >= 11 is 3.43. The van der Waals surface area contributed by atoms with Gasteiger partial charge >= 0.3 is 0 Å². The second kappa shape index (κ2) is 6.02. The Morgan fingerprint density at radius 1 is 1.33 bits per heavy atom. The Morgan fingerprint density at radius 3 is 2.71 bits per heavy atom. The molecule has 3 rings (SSSR count). The molecule has 1 aromatic carbocycles. The number of halogens is 1. The largest absolute Gasteiger partial charge is 0.355 e. The van der Waals surface area contributed by atoms with Crippen LogP contribution in [0.4, 0.5) is 0 Å². The molecule has 1 amide bonds. The lowest BCUT2D eigenvalue weighted by atomic mass is 9.95. The molecule has 0 bridgehead atoms. The van der Waals surface area contributed by atoms with Crippen molar-refractivity contribution in [2.75, 3.05) is 6.54 Å². The number of carbonyl (C=O) groups is 1. The molecule has 1 aliphatic carbocycles. The second-order valence-corrected chi connectivity index (χ2v) is 6.38. The third-order valence-corrected chi connectivity index (χ3v) is 4.52. The number of aromatic nitrogens is 2. The maximum absolute atomic E-state index is 12.4. The summed E-state index contributed by atoms with van der Waals surface area (Å²) in [5.74, 6) is 0.158. The van der Waals surface area contributed by atoms with Gasteiger partial charge in [-0.15, -0.1) is 0 Å². The van der Waals surface area contributed by atoms with Gasteiger partial charge in [0.15, 0.2) is 0 Å². The Morgan fingerprint density at radius 2 is 2.10 bits per heavy atom. The Balaban J connectivity index is 1.52. The molecule has 0 aliphatic heterocycles. The number of carbonyl (C=O) groups excluding carboxylic acids is 1. The van der Waals surface area contributed by atoms with Crippen LogP contribution in [0.15, 0.2) is 47.2 Å². The average Bonchev–Trinajstić information content (AvgIpc) is 3.14. The van der Waals surface area contributed by atoms with E-state index in [1.165, 1.54) is 0 Å². The Kier molecular flexibility index (Phi) is 4.10. The van der Waals surface area contributed by atoms with E-state index in [1.54, 1.807) is 6.20 Å². The minimum absolute atomic E-state index is 0.158. The molecule has 110 valence electrons. The smallest absolute Gasteiger partial charge is 0.230 e. The van der Waals surface area contributed by atoms with Crippen molar-refractivity contribution in [1.29, 1.82) is 0 Å². The Hall–Kier alpha value is -1.62. The fourth-order valence-electron chi connectivity index (χ4n) is 2.59. The lowest BCUT2D eigenvalue weighted by molar-refractivity contribution is -0.123. The minimum Gasteiger partial charge on any atom is -0.355 e. The number of nitrogens with one attached hydrogen (secondary N) is 1. The summed E-state index contributed by atoms with van der Waals surface area (Å²) in [4.78, 5) is 12.4. The Bertz CT molecular complexity index is 603. The summed E-state index contributed by atoms with van der Waals surface area (Å²) in [6.07, 6.45) is 6.49. The van der Waals surface area contributed by atoms with Gasteiger partial charge < -0.3 is 5.32 Å². The molecule has 2 aromatic rings. The highest BCUT2D eigenvalue weighted by molar-refractivity contribution is 9.10. The number of hydrogen-bond acceptors (Lipinski definition) is 2. The molecule has 5 heteroatoms. The molecule has 21 heavy (non-hydrogen) atoms. The molecular weight excluding hydrogens is 330 g/mol. The number of aryl methyl sites for hydroxylation is 1. The van der Waals surface area contributed by atoms with Gasteiger partial charge in [0.2, 0.25) is 5.91 Å². The molecule has 4 nitrogen and oxygen atoms in total. The number of rotatable bonds is 6. The first-order valence-corrected chi connectivity index (χ1v) is 8.02. The van der Waals surface area contributed by atoms with Gasteiger partial charge in [-0.05, 0) is 43.0 Å². The van der Waals surface area contributed by atoms with Crippen LogP contribution in [0.3, 0.4) is 0 Å². The monoisotopic (exact) mass is 347 g/mol. The van der Waals surface area contributed by atoms with E-state index in [1.807, 2.05) is 41.2 Å². The van der Waals surface area contributed by atoms with Crippen molar-refractivity contribution in [2.24, 2.45) is 0 Å². The van der Waals surface area contributed by atoms with Crippen LogP contribution in [0.25, 0.3) is 0 Å². The van der Waals surface area contributed by atoms with E-state index in [0.717, 1.165) is 35.8 Å². The van der Waals surface area contributed by atoms with E-state index < -0.39 is 0 Å². The maximum Gasteiger partial charge on any atom is 0.230 e. The van der Waals surface area contributed by atoms with Gasteiger partial charge in [-0.3, -0.25) is 9.48 Å². The van der Waals surface area contributed by atoms with Crippen molar-refractivity contribution in [3.8, 4) is 0 Å². The van der Waals surface area contributed by atoms with Gasteiger partial charge in [-0.1, -0.05) is 28.1 Å². The predicted octanol–water partition coefficient (Wildman–Crippen LogP) is 2.88.